The van der Waals surface area contributed by atoms with E-state index in [9.17, 15) is 14.4 Å². The SMILES string of the molecule is CC(C)CNC(=O)C1CCCN1C(=O)c1cccc(NC(=O)CC(C)C)c1. The molecular weight excluding hydrogens is 342 g/mol. The Kier molecular flexibility index (Phi) is 7.39. The smallest absolute Gasteiger partial charge is 0.254 e. The van der Waals surface area contributed by atoms with Crippen LogP contribution in [0.5, 0.6) is 0 Å². The van der Waals surface area contributed by atoms with Crippen LogP contribution in [0.3, 0.4) is 0 Å². The van der Waals surface area contributed by atoms with Gasteiger partial charge in [0.1, 0.15) is 6.04 Å². The number of carbonyl (C=O) groups excluding carboxylic acids is 3. The molecule has 1 atom stereocenters. The summed E-state index contributed by atoms with van der Waals surface area (Å²) in [7, 11) is 0. The number of amides is 3. The van der Waals surface area contributed by atoms with Crippen LogP contribution >= 0.6 is 0 Å². The van der Waals surface area contributed by atoms with Crippen molar-refractivity contribution < 1.29 is 14.4 Å². The number of nitrogens with one attached hydrogen (secondary N) is 2. The maximum Gasteiger partial charge on any atom is 0.254 e. The Hall–Kier alpha value is -2.37. The molecule has 1 heterocycles. The van der Waals surface area contributed by atoms with Crippen molar-refractivity contribution in [2.24, 2.45) is 11.8 Å². The van der Waals surface area contributed by atoms with Crippen molar-refractivity contribution in [1.29, 1.82) is 0 Å². The van der Waals surface area contributed by atoms with Gasteiger partial charge in [0, 0.05) is 30.8 Å². The number of hydrogen-bond donors (Lipinski definition) is 2. The van der Waals surface area contributed by atoms with E-state index < -0.39 is 6.04 Å². The summed E-state index contributed by atoms with van der Waals surface area (Å²) in [5.41, 5.74) is 1.09. The Morgan fingerprint density at radius 2 is 1.89 bits per heavy atom. The summed E-state index contributed by atoms with van der Waals surface area (Å²) in [5.74, 6) is 0.310. The molecule has 2 N–H and O–H groups in total. The average Bonchev–Trinajstić information content (AvgIpc) is 3.08. The van der Waals surface area contributed by atoms with Crippen LogP contribution in [-0.4, -0.2) is 41.8 Å². The first-order valence-electron chi connectivity index (χ1n) is 9.76. The van der Waals surface area contributed by atoms with Crippen LogP contribution in [0.2, 0.25) is 0 Å². The lowest BCUT2D eigenvalue weighted by molar-refractivity contribution is -0.125. The Morgan fingerprint density at radius 3 is 2.56 bits per heavy atom. The quantitative estimate of drug-likeness (QED) is 0.771. The Morgan fingerprint density at radius 1 is 1.15 bits per heavy atom. The van der Waals surface area contributed by atoms with Crippen molar-refractivity contribution >= 4 is 23.4 Å². The van der Waals surface area contributed by atoms with E-state index in [0.29, 0.717) is 43.1 Å². The van der Waals surface area contributed by atoms with Gasteiger partial charge in [0.15, 0.2) is 0 Å². The second-order valence-corrected chi connectivity index (χ2v) is 8.02. The first-order valence-corrected chi connectivity index (χ1v) is 9.76. The molecule has 0 aromatic heterocycles. The van der Waals surface area contributed by atoms with Crippen molar-refractivity contribution in [1.82, 2.24) is 10.2 Å². The molecule has 1 fully saturated rings. The summed E-state index contributed by atoms with van der Waals surface area (Å²) in [6.07, 6.45) is 1.93. The molecule has 1 aliphatic rings. The van der Waals surface area contributed by atoms with Crippen LogP contribution < -0.4 is 10.6 Å². The summed E-state index contributed by atoms with van der Waals surface area (Å²) in [6, 6.07) is 6.51. The van der Waals surface area contributed by atoms with Gasteiger partial charge in [-0.3, -0.25) is 14.4 Å². The van der Waals surface area contributed by atoms with Gasteiger partial charge in [0.2, 0.25) is 11.8 Å². The predicted molar refractivity (Wildman–Crippen MR) is 106 cm³/mol. The molecule has 0 aliphatic carbocycles. The molecule has 1 unspecified atom stereocenters. The minimum atomic E-state index is -0.421. The maximum absolute atomic E-state index is 12.9. The van der Waals surface area contributed by atoms with E-state index in [0.717, 1.165) is 6.42 Å². The van der Waals surface area contributed by atoms with Crippen LogP contribution in [0.4, 0.5) is 5.69 Å². The lowest BCUT2D eigenvalue weighted by Gasteiger charge is -2.24. The normalized spacial score (nSPS) is 16.7. The van der Waals surface area contributed by atoms with Gasteiger partial charge in [0.05, 0.1) is 0 Å². The van der Waals surface area contributed by atoms with Crippen molar-refractivity contribution in [3.63, 3.8) is 0 Å². The van der Waals surface area contributed by atoms with Gasteiger partial charge in [-0.05, 0) is 42.9 Å². The molecule has 2 rings (SSSR count). The Balaban J connectivity index is 2.06. The molecule has 148 valence electrons. The molecule has 1 aromatic carbocycles. The topological polar surface area (TPSA) is 78.5 Å². The van der Waals surface area contributed by atoms with Gasteiger partial charge in [0.25, 0.3) is 5.91 Å². The predicted octanol–water partition coefficient (Wildman–Crippen LogP) is 3.05. The lowest BCUT2D eigenvalue weighted by Crippen LogP contribution is -2.46. The van der Waals surface area contributed by atoms with Crippen LogP contribution in [0, 0.1) is 11.8 Å². The number of benzene rings is 1. The number of rotatable bonds is 7. The standard InChI is InChI=1S/C21H31N3O3/c1-14(2)11-19(25)23-17-8-5-7-16(12-17)21(27)24-10-6-9-18(24)20(26)22-13-15(3)4/h5,7-8,12,14-15,18H,6,9-11,13H2,1-4H3,(H,22,26)(H,23,25). The molecule has 0 spiro atoms. The zero-order valence-corrected chi connectivity index (χ0v) is 16.7. The average molecular weight is 373 g/mol. The van der Waals surface area contributed by atoms with E-state index in [4.69, 9.17) is 0 Å². The van der Waals surface area contributed by atoms with Crippen LogP contribution in [0.15, 0.2) is 24.3 Å². The van der Waals surface area contributed by atoms with E-state index in [1.54, 1.807) is 29.2 Å². The molecule has 1 aliphatic heterocycles. The molecule has 3 amide bonds. The monoisotopic (exact) mass is 373 g/mol. The van der Waals surface area contributed by atoms with Crippen molar-refractivity contribution in [2.45, 2.75) is 53.0 Å². The second kappa shape index (κ2) is 9.53. The second-order valence-electron chi connectivity index (χ2n) is 8.02. The summed E-state index contributed by atoms with van der Waals surface area (Å²) in [5, 5.41) is 5.76. The Labute approximate surface area is 161 Å². The molecule has 0 bridgehead atoms. The summed E-state index contributed by atoms with van der Waals surface area (Å²) in [4.78, 5) is 39.0. The lowest BCUT2D eigenvalue weighted by atomic mass is 10.1. The molecule has 6 nitrogen and oxygen atoms in total. The number of carbonyl (C=O) groups is 3. The fourth-order valence-electron chi connectivity index (χ4n) is 3.18. The maximum atomic E-state index is 12.9. The van der Waals surface area contributed by atoms with Gasteiger partial charge in [-0.1, -0.05) is 33.8 Å². The molecule has 0 saturated carbocycles. The zero-order valence-electron chi connectivity index (χ0n) is 16.7. The van der Waals surface area contributed by atoms with Gasteiger partial charge in [-0.25, -0.2) is 0 Å². The summed E-state index contributed by atoms with van der Waals surface area (Å²) in [6.45, 7) is 9.22. The molecule has 1 aromatic rings. The molecule has 1 saturated heterocycles. The fourth-order valence-corrected chi connectivity index (χ4v) is 3.18. The number of likely N-dealkylation sites (tertiary alicyclic amines) is 1. The zero-order chi connectivity index (χ0) is 20.0. The summed E-state index contributed by atoms with van der Waals surface area (Å²) >= 11 is 0. The van der Waals surface area contributed by atoms with Gasteiger partial charge in [-0.2, -0.15) is 0 Å². The molecular formula is C21H31N3O3. The molecule has 6 heteroatoms. The minimum Gasteiger partial charge on any atom is -0.354 e. The fraction of sp³-hybridized carbons (Fsp3) is 0.571. The third kappa shape index (κ3) is 6.08. The number of anilines is 1. The number of nitrogens with zero attached hydrogens (tertiary/aromatic N) is 1. The van der Waals surface area contributed by atoms with Crippen molar-refractivity contribution in [2.75, 3.05) is 18.4 Å². The van der Waals surface area contributed by atoms with Crippen molar-refractivity contribution in [3.8, 4) is 0 Å². The van der Waals surface area contributed by atoms with E-state index in [2.05, 4.69) is 10.6 Å². The first-order chi connectivity index (χ1) is 12.8. The highest BCUT2D eigenvalue weighted by molar-refractivity contribution is 5.99. The van der Waals surface area contributed by atoms with Gasteiger partial charge in [-0.15, -0.1) is 0 Å². The van der Waals surface area contributed by atoms with Crippen LogP contribution in [0.1, 0.15) is 57.3 Å². The van der Waals surface area contributed by atoms with E-state index in [1.165, 1.54) is 0 Å². The first kappa shape index (κ1) is 20.9. The van der Waals surface area contributed by atoms with E-state index >= 15 is 0 Å². The Bertz CT molecular complexity index is 685. The van der Waals surface area contributed by atoms with Crippen molar-refractivity contribution in [3.05, 3.63) is 29.8 Å². The minimum absolute atomic E-state index is 0.0679. The largest absolute Gasteiger partial charge is 0.354 e. The van der Waals surface area contributed by atoms with Gasteiger partial charge >= 0.3 is 0 Å². The van der Waals surface area contributed by atoms with Crippen LogP contribution in [-0.2, 0) is 9.59 Å². The van der Waals surface area contributed by atoms with E-state index in [-0.39, 0.29) is 23.6 Å². The molecule has 27 heavy (non-hydrogen) atoms. The third-order valence-corrected chi connectivity index (χ3v) is 4.49. The van der Waals surface area contributed by atoms with Crippen LogP contribution in [0.25, 0.3) is 0 Å². The number of hydrogen-bond acceptors (Lipinski definition) is 3. The highest BCUT2D eigenvalue weighted by Gasteiger charge is 2.34. The summed E-state index contributed by atoms with van der Waals surface area (Å²) < 4.78 is 0. The van der Waals surface area contributed by atoms with Gasteiger partial charge < -0.3 is 15.5 Å². The highest BCUT2D eigenvalue weighted by Crippen LogP contribution is 2.22. The van der Waals surface area contributed by atoms with E-state index in [1.807, 2.05) is 27.7 Å². The highest BCUT2D eigenvalue weighted by atomic mass is 16.2. The third-order valence-electron chi connectivity index (χ3n) is 4.49. The molecule has 0 radical (unpaired) electrons.